The summed E-state index contributed by atoms with van der Waals surface area (Å²) < 4.78 is 0. The molecule has 0 saturated heterocycles. The van der Waals surface area contributed by atoms with E-state index in [0.29, 0.717) is 0 Å². The molecule has 0 aliphatic heterocycles. The third-order valence-electron chi connectivity index (χ3n) is 4.76. The van der Waals surface area contributed by atoms with Crippen LogP contribution in [0.4, 0.5) is 11.5 Å². The van der Waals surface area contributed by atoms with Gasteiger partial charge in [0, 0.05) is 17.0 Å². The van der Waals surface area contributed by atoms with Gasteiger partial charge >= 0.3 is 0 Å². The van der Waals surface area contributed by atoms with Crippen molar-refractivity contribution in [3.05, 3.63) is 81.5 Å². The zero-order valence-electron chi connectivity index (χ0n) is 16.1. The second kappa shape index (κ2) is 7.12. The third kappa shape index (κ3) is 3.71. The van der Waals surface area contributed by atoms with Crippen molar-refractivity contribution in [3.8, 4) is 0 Å². The number of hydrogen-bond acceptors (Lipinski definition) is 4. The highest BCUT2D eigenvalue weighted by molar-refractivity contribution is 7.18. The fourth-order valence-electron chi connectivity index (χ4n) is 3.43. The van der Waals surface area contributed by atoms with Crippen LogP contribution in [0.3, 0.4) is 0 Å². The Labute approximate surface area is 164 Å². The number of benzene rings is 2. The number of thiophene rings is 1. The van der Waals surface area contributed by atoms with Crippen LogP contribution < -0.4 is 5.32 Å². The molecule has 0 aliphatic carbocycles. The van der Waals surface area contributed by atoms with Gasteiger partial charge in [0.05, 0.1) is 5.39 Å². The number of aromatic nitrogens is 2. The van der Waals surface area contributed by atoms with Crippen molar-refractivity contribution in [2.45, 2.75) is 34.1 Å². The zero-order chi connectivity index (χ0) is 19.0. The lowest BCUT2D eigenvalue weighted by molar-refractivity contribution is 0.999. The van der Waals surface area contributed by atoms with E-state index in [0.717, 1.165) is 34.0 Å². The van der Waals surface area contributed by atoms with E-state index >= 15 is 0 Å². The van der Waals surface area contributed by atoms with Crippen LogP contribution in [0.5, 0.6) is 0 Å². The predicted octanol–water partition coefficient (Wildman–Crippen LogP) is 6.26. The van der Waals surface area contributed by atoms with E-state index in [1.165, 1.54) is 27.1 Å². The van der Waals surface area contributed by atoms with E-state index in [1.54, 1.807) is 11.3 Å². The minimum Gasteiger partial charge on any atom is -0.340 e. The summed E-state index contributed by atoms with van der Waals surface area (Å²) in [5.74, 6) is 1.75. The first-order chi connectivity index (χ1) is 13.0. The summed E-state index contributed by atoms with van der Waals surface area (Å²) in [7, 11) is 0. The Kier molecular flexibility index (Phi) is 4.66. The monoisotopic (exact) mass is 373 g/mol. The second-order valence-corrected chi connectivity index (χ2v) is 8.32. The highest BCUT2D eigenvalue weighted by Gasteiger charge is 2.15. The van der Waals surface area contributed by atoms with Crippen molar-refractivity contribution in [3.63, 3.8) is 0 Å². The Balaban J connectivity index is 1.81. The summed E-state index contributed by atoms with van der Waals surface area (Å²) in [5, 5.41) is 4.70. The summed E-state index contributed by atoms with van der Waals surface area (Å²) in [5.41, 5.74) is 6.03. The molecule has 4 heteroatoms. The van der Waals surface area contributed by atoms with Crippen LogP contribution in [-0.4, -0.2) is 9.97 Å². The van der Waals surface area contributed by atoms with Crippen LogP contribution >= 0.6 is 11.3 Å². The molecule has 0 aliphatic rings. The van der Waals surface area contributed by atoms with Gasteiger partial charge in [0.1, 0.15) is 16.5 Å². The Morgan fingerprint density at radius 1 is 0.889 bits per heavy atom. The second-order valence-electron chi connectivity index (χ2n) is 7.12. The normalized spacial score (nSPS) is 11.1. The van der Waals surface area contributed by atoms with Gasteiger partial charge in [-0.3, -0.25) is 0 Å². The Bertz CT molecular complexity index is 1090. The average molecular weight is 374 g/mol. The van der Waals surface area contributed by atoms with Gasteiger partial charge in [0.15, 0.2) is 0 Å². The maximum absolute atomic E-state index is 4.91. The topological polar surface area (TPSA) is 37.8 Å². The lowest BCUT2D eigenvalue weighted by atomic mass is 10.1. The number of fused-ring (bicyclic) bond motifs is 1. The van der Waals surface area contributed by atoms with Crippen LogP contribution in [0, 0.1) is 27.7 Å². The third-order valence-corrected chi connectivity index (χ3v) is 5.87. The van der Waals surface area contributed by atoms with Gasteiger partial charge in [-0.05, 0) is 62.1 Å². The molecule has 2 aromatic heterocycles. The van der Waals surface area contributed by atoms with E-state index in [2.05, 4.69) is 75.5 Å². The quantitative estimate of drug-likeness (QED) is 0.459. The maximum Gasteiger partial charge on any atom is 0.143 e. The Morgan fingerprint density at radius 3 is 2.30 bits per heavy atom. The van der Waals surface area contributed by atoms with Crippen LogP contribution in [0.1, 0.15) is 33.0 Å². The summed E-state index contributed by atoms with van der Waals surface area (Å²) in [6.45, 7) is 8.54. The first kappa shape index (κ1) is 17.7. The summed E-state index contributed by atoms with van der Waals surface area (Å²) >= 11 is 1.74. The fraction of sp³-hybridized carbons (Fsp3) is 0.217. The van der Waals surface area contributed by atoms with E-state index in [1.807, 2.05) is 6.07 Å². The lowest BCUT2D eigenvalue weighted by Gasteiger charge is -2.11. The smallest absolute Gasteiger partial charge is 0.143 e. The molecule has 3 nitrogen and oxygen atoms in total. The predicted molar refractivity (Wildman–Crippen MR) is 115 cm³/mol. The Hall–Kier alpha value is -2.72. The molecule has 0 radical (unpaired) electrons. The SMILES string of the molecule is Cc1cc(C)cc(Nc2nc(Cc3ccccc3)nc3sc(C)c(C)c23)c1. The molecular weight excluding hydrogens is 350 g/mol. The standard InChI is InChI=1S/C23H23N3S/c1-14-10-15(2)12-19(11-14)24-22-21-16(3)17(4)27-23(21)26-20(25-22)13-18-8-6-5-7-9-18/h5-12H,13H2,1-4H3,(H,24,25,26). The molecule has 0 unspecified atom stereocenters. The maximum atomic E-state index is 4.91. The largest absolute Gasteiger partial charge is 0.340 e. The molecule has 2 aromatic carbocycles. The molecule has 0 fully saturated rings. The molecule has 0 bridgehead atoms. The molecular formula is C23H23N3S. The average Bonchev–Trinajstić information content (AvgIpc) is 2.89. The minimum atomic E-state index is 0.730. The van der Waals surface area contributed by atoms with Gasteiger partial charge in [-0.1, -0.05) is 36.4 Å². The number of rotatable bonds is 4. The summed E-state index contributed by atoms with van der Waals surface area (Å²) in [6.07, 6.45) is 0.730. The van der Waals surface area contributed by atoms with Gasteiger partial charge in [-0.15, -0.1) is 11.3 Å². The van der Waals surface area contributed by atoms with Crippen LogP contribution in [0.15, 0.2) is 48.5 Å². The first-order valence-electron chi connectivity index (χ1n) is 9.15. The van der Waals surface area contributed by atoms with Crippen LogP contribution in [0.2, 0.25) is 0 Å². The van der Waals surface area contributed by atoms with E-state index in [9.17, 15) is 0 Å². The molecule has 136 valence electrons. The van der Waals surface area contributed by atoms with Crippen molar-refractivity contribution in [2.24, 2.45) is 0 Å². The molecule has 1 N–H and O–H groups in total. The lowest BCUT2D eigenvalue weighted by Crippen LogP contribution is -2.02. The first-order valence-corrected chi connectivity index (χ1v) is 9.97. The van der Waals surface area contributed by atoms with Crippen molar-refractivity contribution in [1.82, 2.24) is 9.97 Å². The molecule has 0 amide bonds. The van der Waals surface area contributed by atoms with E-state index < -0.39 is 0 Å². The van der Waals surface area contributed by atoms with Crippen molar-refractivity contribution < 1.29 is 0 Å². The van der Waals surface area contributed by atoms with Gasteiger partial charge in [-0.25, -0.2) is 9.97 Å². The number of hydrogen-bond donors (Lipinski definition) is 1. The number of nitrogens with one attached hydrogen (secondary N) is 1. The van der Waals surface area contributed by atoms with E-state index in [-0.39, 0.29) is 0 Å². The van der Waals surface area contributed by atoms with E-state index in [4.69, 9.17) is 9.97 Å². The summed E-state index contributed by atoms with van der Waals surface area (Å²) in [6, 6.07) is 16.9. The molecule has 4 rings (SSSR count). The molecule has 0 spiro atoms. The van der Waals surface area contributed by atoms with Crippen LogP contribution in [-0.2, 0) is 6.42 Å². The molecule has 2 heterocycles. The number of nitrogens with zero attached hydrogens (tertiary/aromatic N) is 2. The highest BCUT2D eigenvalue weighted by Crippen LogP contribution is 2.35. The number of aryl methyl sites for hydroxylation is 4. The minimum absolute atomic E-state index is 0.730. The molecule has 0 atom stereocenters. The van der Waals surface area contributed by atoms with Crippen molar-refractivity contribution >= 4 is 33.1 Å². The molecule has 4 aromatic rings. The van der Waals surface area contributed by atoms with Gasteiger partial charge in [-0.2, -0.15) is 0 Å². The van der Waals surface area contributed by atoms with Crippen LogP contribution in [0.25, 0.3) is 10.2 Å². The molecule has 27 heavy (non-hydrogen) atoms. The zero-order valence-corrected chi connectivity index (χ0v) is 16.9. The number of anilines is 2. The van der Waals surface area contributed by atoms with Gasteiger partial charge < -0.3 is 5.32 Å². The van der Waals surface area contributed by atoms with Gasteiger partial charge in [0.25, 0.3) is 0 Å². The fourth-order valence-corrected chi connectivity index (χ4v) is 4.47. The summed E-state index contributed by atoms with van der Waals surface area (Å²) in [4.78, 5) is 12.1. The highest BCUT2D eigenvalue weighted by atomic mass is 32.1. The Morgan fingerprint density at radius 2 is 1.59 bits per heavy atom. The molecule has 0 saturated carbocycles. The van der Waals surface area contributed by atoms with Crippen molar-refractivity contribution in [2.75, 3.05) is 5.32 Å². The van der Waals surface area contributed by atoms with Gasteiger partial charge in [0.2, 0.25) is 0 Å². The van der Waals surface area contributed by atoms with Crippen molar-refractivity contribution in [1.29, 1.82) is 0 Å².